The number of benzene rings is 1. The van der Waals surface area contributed by atoms with Gasteiger partial charge in [-0.05, 0) is 31.4 Å². The monoisotopic (exact) mass is 246 g/mol. The van der Waals surface area contributed by atoms with Crippen LogP contribution in [0, 0.1) is 11.3 Å². The van der Waals surface area contributed by atoms with Crippen LogP contribution in [-0.2, 0) is 11.3 Å². The molecule has 0 aliphatic heterocycles. The predicted molar refractivity (Wildman–Crippen MR) is 73.0 cm³/mol. The van der Waals surface area contributed by atoms with Gasteiger partial charge in [0, 0.05) is 26.2 Å². The topological polar surface area (TPSA) is 45.0 Å². The summed E-state index contributed by atoms with van der Waals surface area (Å²) in [7, 11) is 0. The van der Waals surface area contributed by atoms with Gasteiger partial charge in [0.25, 0.3) is 0 Å². The number of rotatable bonds is 10. The second-order valence-corrected chi connectivity index (χ2v) is 4.24. The maximum absolute atomic E-state index is 8.36. The predicted octanol–water partition coefficient (Wildman–Crippen LogP) is 2.88. The zero-order valence-electron chi connectivity index (χ0n) is 10.9. The molecule has 0 saturated carbocycles. The fourth-order valence-electron chi connectivity index (χ4n) is 1.64. The maximum atomic E-state index is 8.36. The molecular weight excluding hydrogens is 224 g/mol. The smallest absolute Gasteiger partial charge is 0.0621 e. The summed E-state index contributed by atoms with van der Waals surface area (Å²) in [4.78, 5) is 0. The normalized spacial score (nSPS) is 10.2. The van der Waals surface area contributed by atoms with Crippen molar-refractivity contribution in [3.05, 3.63) is 35.9 Å². The van der Waals surface area contributed by atoms with Crippen LogP contribution < -0.4 is 5.32 Å². The molecule has 0 saturated heterocycles. The quantitative estimate of drug-likeness (QED) is 0.646. The molecule has 1 N–H and O–H groups in total. The van der Waals surface area contributed by atoms with Crippen molar-refractivity contribution in [1.29, 1.82) is 5.26 Å². The fraction of sp³-hybridized carbons (Fsp3) is 0.533. The molecule has 0 atom stereocenters. The molecule has 0 amide bonds. The van der Waals surface area contributed by atoms with Crippen LogP contribution in [0.3, 0.4) is 0 Å². The third-order valence-electron chi connectivity index (χ3n) is 2.64. The lowest BCUT2D eigenvalue weighted by molar-refractivity contribution is 0.128. The molecule has 0 fully saturated rings. The molecule has 3 nitrogen and oxygen atoms in total. The standard InChI is InChI=1S/C15H22N2O/c16-10-5-2-6-12-18-13-7-11-17-14-15-8-3-1-4-9-15/h1,3-4,8-9,17H,2,5-7,11-14H2. The summed E-state index contributed by atoms with van der Waals surface area (Å²) < 4.78 is 5.48. The van der Waals surface area contributed by atoms with Gasteiger partial charge < -0.3 is 10.1 Å². The van der Waals surface area contributed by atoms with Crippen molar-refractivity contribution < 1.29 is 4.74 Å². The lowest BCUT2D eigenvalue weighted by atomic mass is 10.2. The molecule has 3 heteroatoms. The molecule has 18 heavy (non-hydrogen) atoms. The second kappa shape index (κ2) is 10.8. The zero-order valence-corrected chi connectivity index (χ0v) is 10.9. The largest absolute Gasteiger partial charge is 0.381 e. The molecule has 1 aromatic rings. The highest BCUT2D eigenvalue weighted by Crippen LogP contribution is 1.97. The number of hydrogen-bond acceptors (Lipinski definition) is 3. The molecule has 0 heterocycles. The Labute approximate surface area is 110 Å². The summed E-state index contributed by atoms with van der Waals surface area (Å²) in [5.74, 6) is 0. The van der Waals surface area contributed by atoms with E-state index in [0.717, 1.165) is 45.6 Å². The SMILES string of the molecule is N#CCCCCOCCCNCc1ccccc1. The average molecular weight is 246 g/mol. The Bertz CT molecular complexity index is 332. The van der Waals surface area contributed by atoms with Crippen molar-refractivity contribution in [2.45, 2.75) is 32.2 Å². The summed E-state index contributed by atoms with van der Waals surface area (Å²) in [5.41, 5.74) is 1.31. The first-order valence-electron chi connectivity index (χ1n) is 6.63. The van der Waals surface area contributed by atoms with Gasteiger partial charge in [-0.1, -0.05) is 30.3 Å². The first-order chi connectivity index (χ1) is 8.93. The maximum Gasteiger partial charge on any atom is 0.0621 e. The summed E-state index contributed by atoms with van der Waals surface area (Å²) >= 11 is 0. The second-order valence-electron chi connectivity index (χ2n) is 4.24. The van der Waals surface area contributed by atoms with E-state index < -0.39 is 0 Å². The van der Waals surface area contributed by atoms with E-state index in [1.54, 1.807) is 0 Å². The lowest BCUT2D eigenvalue weighted by Gasteiger charge is -2.05. The van der Waals surface area contributed by atoms with Crippen molar-refractivity contribution >= 4 is 0 Å². The van der Waals surface area contributed by atoms with Gasteiger partial charge >= 0.3 is 0 Å². The highest BCUT2D eigenvalue weighted by Gasteiger charge is 1.92. The third-order valence-corrected chi connectivity index (χ3v) is 2.64. The number of hydrogen-bond donors (Lipinski definition) is 1. The molecule has 0 radical (unpaired) electrons. The minimum absolute atomic E-state index is 0.641. The minimum atomic E-state index is 0.641. The van der Waals surface area contributed by atoms with Crippen molar-refractivity contribution in [3.63, 3.8) is 0 Å². The molecule has 0 aliphatic rings. The molecule has 0 bridgehead atoms. The Morgan fingerprint density at radius 1 is 1.06 bits per heavy atom. The van der Waals surface area contributed by atoms with E-state index in [9.17, 15) is 0 Å². The van der Waals surface area contributed by atoms with E-state index in [-0.39, 0.29) is 0 Å². The van der Waals surface area contributed by atoms with E-state index in [4.69, 9.17) is 10.00 Å². The summed E-state index contributed by atoms with van der Waals surface area (Å²) in [5, 5.41) is 11.8. The van der Waals surface area contributed by atoms with Gasteiger partial charge in [0.1, 0.15) is 0 Å². The first-order valence-corrected chi connectivity index (χ1v) is 6.63. The van der Waals surface area contributed by atoms with E-state index in [1.165, 1.54) is 5.56 Å². The average Bonchev–Trinajstić information content (AvgIpc) is 2.42. The van der Waals surface area contributed by atoms with Crippen LogP contribution in [0.15, 0.2) is 30.3 Å². The number of unbranched alkanes of at least 4 members (excludes halogenated alkanes) is 2. The summed E-state index contributed by atoms with van der Waals surface area (Å²) in [6.07, 6.45) is 3.61. The van der Waals surface area contributed by atoms with Gasteiger partial charge in [0.05, 0.1) is 6.07 Å². The number of nitriles is 1. The van der Waals surface area contributed by atoms with Crippen LogP contribution in [0.5, 0.6) is 0 Å². The summed E-state index contributed by atoms with van der Waals surface area (Å²) in [6, 6.07) is 12.5. The Morgan fingerprint density at radius 2 is 1.83 bits per heavy atom. The Hall–Kier alpha value is -1.37. The number of ether oxygens (including phenoxy) is 1. The third kappa shape index (κ3) is 7.83. The Morgan fingerprint density at radius 3 is 2.61 bits per heavy atom. The molecule has 0 spiro atoms. The molecule has 0 aliphatic carbocycles. The number of nitrogens with zero attached hydrogens (tertiary/aromatic N) is 1. The highest BCUT2D eigenvalue weighted by molar-refractivity contribution is 5.14. The van der Waals surface area contributed by atoms with Gasteiger partial charge in [0.15, 0.2) is 0 Å². The van der Waals surface area contributed by atoms with Crippen LogP contribution in [0.1, 0.15) is 31.2 Å². The van der Waals surface area contributed by atoms with Crippen molar-refractivity contribution in [2.75, 3.05) is 19.8 Å². The van der Waals surface area contributed by atoms with Gasteiger partial charge in [-0.2, -0.15) is 5.26 Å². The molecular formula is C15H22N2O. The Kier molecular flexibility index (Phi) is 8.78. The molecule has 1 rings (SSSR count). The van der Waals surface area contributed by atoms with Crippen LogP contribution in [-0.4, -0.2) is 19.8 Å². The Balaban J connectivity index is 1.83. The fourth-order valence-corrected chi connectivity index (χ4v) is 1.64. The molecule has 0 unspecified atom stereocenters. The van der Waals surface area contributed by atoms with E-state index in [1.807, 2.05) is 6.07 Å². The van der Waals surface area contributed by atoms with Gasteiger partial charge in [0.2, 0.25) is 0 Å². The summed E-state index contributed by atoms with van der Waals surface area (Å²) in [6.45, 7) is 3.48. The van der Waals surface area contributed by atoms with Crippen LogP contribution in [0.2, 0.25) is 0 Å². The van der Waals surface area contributed by atoms with Crippen LogP contribution >= 0.6 is 0 Å². The van der Waals surface area contributed by atoms with Gasteiger partial charge in [-0.25, -0.2) is 0 Å². The van der Waals surface area contributed by atoms with E-state index >= 15 is 0 Å². The lowest BCUT2D eigenvalue weighted by Crippen LogP contribution is -2.16. The van der Waals surface area contributed by atoms with Crippen molar-refractivity contribution in [3.8, 4) is 6.07 Å². The molecule has 98 valence electrons. The highest BCUT2D eigenvalue weighted by atomic mass is 16.5. The van der Waals surface area contributed by atoms with Gasteiger partial charge in [-0.3, -0.25) is 0 Å². The molecule has 1 aromatic carbocycles. The minimum Gasteiger partial charge on any atom is -0.381 e. The van der Waals surface area contributed by atoms with E-state index in [2.05, 4.69) is 35.7 Å². The molecule has 0 aromatic heterocycles. The van der Waals surface area contributed by atoms with Gasteiger partial charge in [-0.15, -0.1) is 0 Å². The van der Waals surface area contributed by atoms with E-state index in [0.29, 0.717) is 6.42 Å². The van der Waals surface area contributed by atoms with Crippen LogP contribution in [0.4, 0.5) is 0 Å². The van der Waals surface area contributed by atoms with Crippen LogP contribution in [0.25, 0.3) is 0 Å². The van der Waals surface area contributed by atoms with Crippen molar-refractivity contribution in [2.24, 2.45) is 0 Å². The van der Waals surface area contributed by atoms with Crippen molar-refractivity contribution in [1.82, 2.24) is 5.32 Å². The number of nitrogens with one attached hydrogen (secondary N) is 1. The first kappa shape index (κ1) is 14.7. The zero-order chi connectivity index (χ0) is 12.9.